The van der Waals surface area contributed by atoms with Crippen LogP contribution < -0.4 is 5.32 Å². The maximum Gasteiger partial charge on any atom is 0.243 e. The molecule has 1 aliphatic carbocycles. The van der Waals surface area contributed by atoms with Crippen molar-refractivity contribution in [2.24, 2.45) is 0 Å². The SMILES string of the molecule is O=C(NC1CCCC1)[C@H]1CCCCN1S(=O)(=O)c1ccc(F)cc1. The second-order valence-corrected chi connectivity index (χ2v) is 8.46. The van der Waals surface area contributed by atoms with Crippen LogP contribution in [0.4, 0.5) is 4.39 Å². The van der Waals surface area contributed by atoms with Crippen LogP contribution in [0.1, 0.15) is 44.9 Å². The summed E-state index contributed by atoms with van der Waals surface area (Å²) in [5.74, 6) is -0.685. The fourth-order valence-corrected chi connectivity index (χ4v) is 5.22. The molecule has 1 saturated heterocycles. The number of carbonyl (C=O) groups excluding carboxylic acids is 1. The van der Waals surface area contributed by atoms with Crippen LogP contribution in [0, 0.1) is 5.82 Å². The Bertz CT molecular complexity index is 684. The molecule has 2 aliphatic rings. The van der Waals surface area contributed by atoms with Gasteiger partial charge in [0.05, 0.1) is 4.90 Å². The van der Waals surface area contributed by atoms with Gasteiger partial charge in [-0.3, -0.25) is 4.79 Å². The van der Waals surface area contributed by atoms with E-state index in [9.17, 15) is 17.6 Å². The van der Waals surface area contributed by atoms with Crippen molar-refractivity contribution in [1.82, 2.24) is 9.62 Å². The smallest absolute Gasteiger partial charge is 0.243 e. The zero-order valence-corrected chi connectivity index (χ0v) is 14.4. The highest BCUT2D eigenvalue weighted by atomic mass is 32.2. The topological polar surface area (TPSA) is 66.5 Å². The van der Waals surface area contributed by atoms with Gasteiger partial charge in [0.2, 0.25) is 15.9 Å². The van der Waals surface area contributed by atoms with E-state index in [0.717, 1.165) is 50.7 Å². The number of hydrogen-bond donors (Lipinski definition) is 1. The van der Waals surface area contributed by atoms with E-state index in [1.165, 1.54) is 16.4 Å². The van der Waals surface area contributed by atoms with Gasteiger partial charge in [-0.15, -0.1) is 0 Å². The molecule has 0 spiro atoms. The van der Waals surface area contributed by atoms with E-state index in [2.05, 4.69) is 5.32 Å². The summed E-state index contributed by atoms with van der Waals surface area (Å²) in [6.07, 6.45) is 6.22. The van der Waals surface area contributed by atoms with Gasteiger partial charge in [0, 0.05) is 12.6 Å². The summed E-state index contributed by atoms with van der Waals surface area (Å²) < 4.78 is 40.1. The molecule has 0 radical (unpaired) electrons. The van der Waals surface area contributed by atoms with Crippen molar-refractivity contribution >= 4 is 15.9 Å². The number of amides is 1. The predicted octanol–water partition coefficient (Wildman–Crippen LogP) is 2.43. The van der Waals surface area contributed by atoms with Gasteiger partial charge in [-0.1, -0.05) is 19.3 Å². The normalized spacial score (nSPS) is 23.3. The standard InChI is InChI=1S/C17H23FN2O3S/c18-13-8-10-15(11-9-13)24(22,23)20-12-4-3-7-16(20)17(21)19-14-5-1-2-6-14/h8-11,14,16H,1-7,12H2,(H,19,21)/t16-/m1/s1. The zero-order chi connectivity index (χ0) is 17.2. The van der Waals surface area contributed by atoms with Crippen molar-refractivity contribution in [3.8, 4) is 0 Å². The molecule has 132 valence electrons. The van der Waals surface area contributed by atoms with Gasteiger partial charge in [-0.25, -0.2) is 12.8 Å². The number of halogens is 1. The molecule has 1 amide bonds. The van der Waals surface area contributed by atoms with E-state index < -0.39 is 21.9 Å². The van der Waals surface area contributed by atoms with Crippen LogP contribution in [-0.2, 0) is 14.8 Å². The summed E-state index contributed by atoms with van der Waals surface area (Å²) in [7, 11) is -3.80. The number of nitrogens with zero attached hydrogens (tertiary/aromatic N) is 1. The molecule has 1 atom stereocenters. The average Bonchev–Trinajstić information content (AvgIpc) is 3.08. The second-order valence-electron chi connectivity index (χ2n) is 6.57. The molecule has 24 heavy (non-hydrogen) atoms. The Hall–Kier alpha value is -1.47. The van der Waals surface area contributed by atoms with E-state index in [1.807, 2.05) is 0 Å². The van der Waals surface area contributed by atoms with Crippen LogP contribution in [-0.4, -0.2) is 37.3 Å². The summed E-state index contributed by atoms with van der Waals surface area (Å²) in [5, 5.41) is 3.01. The molecule has 1 aromatic rings. The Morgan fingerprint density at radius 1 is 1.04 bits per heavy atom. The molecule has 5 nitrogen and oxygen atoms in total. The molecule has 1 heterocycles. The monoisotopic (exact) mass is 354 g/mol. The molecule has 1 aromatic carbocycles. The van der Waals surface area contributed by atoms with Crippen LogP contribution in [0.25, 0.3) is 0 Å². The first kappa shape index (κ1) is 17.4. The Kier molecular flexibility index (Phi) is 5.20. The van der Waals surface area contributed by atoms with E-state index in [1.54, 1.807) is 0 Å². The van der Waals surface area contributed by atoms with Crippen molar-refractivity contribution in [2.45, 2.75) is 61.9 Å². The van der Waals surface area contributed by atoms with Crippen molar-refractivity contribution in [1.29, 1.82) is 0 Å². The number of hydrogen-bond acceptors (Lipinski definition) is 3. The zero-order valence-electron chi connectivity index (χ0n) is 13.6. The third-order valence-electron chi connectivity index (χ3n) is 4.88. The Balaban J connectivity index is 1.80. The first-order valence-corrected chi connectivity index (χ1v) is 10.0. The van der Waals surface area contributed by atoms with Gasteiger partial charge in [0.15, 0.2) is 0 Å². The van der Waals surface area contributed by atoms with Gasteiger partial charge < -0.3 is 5.32 Å². The number of piperidine rings is 1. The maximum atomic E-state index is 13.1. The molecular formula is C17H23FN2O3S. The molecule has 1 N–H and O–H groups in total. The van der Waals surface area contributed by atoms with E-state index in [-0.39, 0.29) is 16.8 Å². The van der Waals surface area contributed by atoms with Gasteiger partial charge in [-0.05, 0) is 49.9 Å². The highest BCUT2D eigenvalue weighted by Crippen LogP contribution is 2.26. The van der Waals surface area contributed by atoms with Gasteiger partial charge in [-0.2, -0.15) is 4.31 Å². The third kappa shape index (κ3) is 3.62. The average molecular weight is 354 g/mol. The Labute approximate surface area is 142 Å². The molecule has 0 bridgehead atoms. The molecule has 1 saturated carbocycles. The molecule has 3 rings (SSSR count). The molecule has 0 aromatic heterocycles. The number of carbonyl (C=O) groups is 1. The predicted molar refractivity (Wildman–Crippen MR) is 88.3 cm³/mol. The highest BCUT2D eigenvalue weighted by molar-refractivity contribution is 7.89. The van der Waals surface area contributed by atoms with E-state index in [0.29, 0.717) is 13.0 Å². The fourth-order valence-electron chi connectivity index (χ4n) is 3.56. The Morgan fingerprint density at radius 3 is 2.33 bits per heavy atom. The van der Waals surface area contributed by atoms with Crippen LogP contribution in [0.3, 0.4) is 0 Å². The number of nitrogens with one attached hydrogen (secondary N) is 1. The van der Waals surface area contributed by atoms with Gasteiger partial charge in [0.1, 0.15) is 11.9 Å². The highest BCUT2D eigenvalue weighted by Gasteiger charge is 2.38. The summed E-state index contributed by atoms with van der Waals surface area (Å²) in [5.41, 5.74) is 0. The third-order valence-corrected chi connectivity index (χ3v) is 6.80. The molecule has 1 aliphatic heterocycles. The first-order valence-electron chi connectivity index (χ1n) is 8.56. The lowest BCUT2D eigenvalue weighted by molar-refractivity contribution is -0.126. The fraction of sp³-hybridized carbons (Fsp3) is 0.588. The van der Waals surface area contributed by atoms with Crippen LogP contribution in [0.2, 0.25) is 0 Å². The lowest BCUT2D eigenvalue weighted by atomic mass is 10.0. The lowest BCUT2D eigenvalue weighted by Crippen LogP contribution is -2.53. The molecule has 2 fully saturated rings. The van der Waals surface area contributed by atoms with E-state index >= 15 is 0 Å². The first-order chi connectivity index (χ1) is 11.5. The number of sulfonamides is 1. The van der Waals surface area contributed by atoms with Crippen molar-refractivity contribution < 1.29 is 17.6 Å². The van der Waals surface area contributed by atoms with Crippen LogP contribution >= 0.6 is 0 Å². The van der Waals surface area contributed by atoms with Crippen LogP contribution in [0.15, 0.2) is 29.2 Å². The van der Waals surface area contributed by atoms with Crippen molar-refractivity contribution in [3.63, 3.8) is 0 Å². The summed E-state index contributed by atoms with van der Waals surface area (Å²) in [6, 6.07) is 4.26. The van der Waals surface area contributed by atoms with Crippen molar-refractivity contribution in [3.05, 3.63) is 30.1 Å². The van der Waals surface area contributed by atoms with Gasteiger partial charge in [0.25, 0.3) is 0 Å². The summed E-state index contributed by atoms with van der Waals surface area (Å²) in [6.45, 7) is 0.322. The summed E-state index contributed by atoms with van der Waals surface area (Å²) >= 11 is 0. The second kappa shape index (κ2) is 7.19. The molecule has 0 unspecified atom stereocenters. The van der Waals surface area contributed by atoms with E-state index in [4.69, 9.17) is 0 Å². The minimum absolute atomic E-state index is 0.0319. The number of rotatable bonds is 4. The summed E-state index contributed by atoms with van der Waals surface area (Å²) in [4.78, 5) is 12.7. The lowest BCUT2D eigenvalue weighted by Gasteiger charge is -2.34. The van der Waals surface area contributed by atoms with Crippen molar-refractivity contribution in [2.75, 3.05) is 6.54 Å². The van der Waals surface area contributed by atoms with Crippen LogP contribution in [0.5, 0.6) is 0 Å². The maximum absolute atomic E-state index is 13.1. The van der Waals surface area contributed by atoms with Gasteiger partial charge >= 0.3 is 0 Å². The molecule has 7 heteroatoms. The largest absolute Gasteiger partial charge is 0.352 e. The minimum atomic E-state index is -3.80. The Morgan fingerprint density at radius 2 is 1.67 bits per heavy atom. The molecular weight excluding hydrogens is 331 g/mol. The number of benzene rings is 1. The quantitative estimate of drug-likeness (QED) is 0.903. The minimum Gasteiger partial charge on any atom is -0.352 e.